The number of rotatable bonds is 2. The number of nitrogens with two attached hydrogens (primary N) is 1. The van der Waals surface area contributed by atoms with Gasteiger partial charge < -0.3 is 11.1 Å². The van der Waals surface area contributed by atoms with E-state index in [1.54, 1.807) is 24.3 Å². The van der Waals surface area contributed by atoms with Crippen molar-refractivity contribution in [3.8, 4) is 0 Å². The zero-order valence-electron chi connectivity index (χ0n) is 9.28. The SMILES string of the molecule is Nc1ccc(C(=O)Nc2cc(Cl)ccc2F)cc1. The predicted octanol–water partition coefficient (Wildman–Crippen LogP) is 3.31. The molecule has 3 N–H and O–H groups in total. The summed E-state index contributed by atoms with van der Waals surface area (Å²) in [6.07, 6.45) is 0. The van der Waals surface area contributed by atoms with Gasteiger partial charge in [0.25, 0.3) is 5.91 Å². The number of amides is 1. The van der Waals surface area contributed by atoms with Crippen molar-refractivity contribution in [3.63, 3.8) is 0 Å². The third kappa shape index (κ3) is 2.78. The molecule has 0 aliphatic heterocycles. The van der Waals surface area contributed by atoms with Crippen molar-refractivity contribution in [2.24, 2.45) is 0 Å². The van der Waals surface area contributed by atoms with Crippen molar-refractivity contribution in [2.75, 3.05) is 11.1 Å². The van der Waals surface area contributed by atoms with Crippen LogP contribution in [0.5, 0.6) is 0 Å². The Morgan fingerprint density at radius 1 is 1.17 bits per heavy atom. The Hall–Kier alpha value is -2.07. The molecule has 0 saturated carbocycles. The second-order valence-electron chi connectivity index (χ2n) is 3.70. The molecule has 0 aliphatic rings. The molecule has 2 aromatic carbocycles. The Labute approximate surface area is 108 Å². The minimum absolute atomic E-state index is 0.0457. The maximum absolute atomic E-state index is 13.4. The van der Waals surface area contributed by atoms with Crippen molar-refractivity contribution in [1.82, 2.24) is 0 Å². The molecule has 0 aliphatic carbocycles. The van der Waals surface area contributed by atoms with Crippen LogP contribution >= 0.6 is 11.6 Å². The first-order valence-corrected chi connectivity index (χ1v) is 5.56. The number of halogens is 2. The number of nitrogens with one attached hydrogen (secondary N) is 1. The van der Waals surface area contributed by atoms with Crippen LogP contribution < -0.4 is 11.1 Å². The molecule has 0 radical (unpaired) electrons. The molecule has 2 aromatic rings. The van der Waals surface area contributed by atoms with Crippen LogP contribution in [0.15, 0.2) is 42.5 Å². The molecule has 0 saturated heterocycles. The molecule has 0 atom stereocenters. The minimum Gasteiger partial charge on any atom is -0.399 e. The van der Waals surface area contributed by atoms with Crippen molar-refractivity contribution in [3.05, 3.63) is 58.9 Å². The zero-order chi connectivity index (χ0) is 13.1. The van der Waals surface area contributed by atoms with Crippen LogP contribution in [-0.2, 0) is 0 Å². The summed E-state index contributed by atoms with van der Waals surface area (Å²) in [5.41, 5.74) is 6.51. The predicted molar refractivity (Wildman–Crippen MR) is 70.2 cm³/mol. The maximum Gasteiger partial charge on any atom is 0.255 e. The van der Waals surface area contributed by atoms with E-state index in [2.05, 4.69) is 5.32 Å². The van der Waals surface area contributed by atoms with Gasteiger partial charge in [-0.15, -0.1) is 0 Å². The van der Waals surface area contributed by atoms with E-state index in [1.807, 2.05) is 0 Å². The molecular formula is C13H10ClFN2O. The summed E-state index contributed by atoms with van der Waals surface area (Å²) in [5.74, 6) is -0.959. The van der Waals surface area contributed by atoms with E-state index in [9.17, 15) is 9.18 Å². The van der Waals surface area contributed by atoms with E-state index < -0.39 is 11.7 Å². The summed E-state index contributed by atoms with van der Waals surface area (Å²) in [5, 5.41) is 2.80. The highest BCUT2D eigenvalue weighted by Crippen LogP contribution is 2.20. The van der Waals surface area contributed by atoms with Gasteiger partial charge in [-0.3, -0.25) is 4.79 Å². The zero-order valence-corrected chi connectivity index (χ0v) is 10.0. The van der Waals surface area contributed by atoms with Crippen LogP contribution in [0, 0.1) is 5.82 Å². The first kappa shape index (κ1) is 12.4. The van der Waals surface area contributed by atoms with E-state index >= 15 is 0 Å². The van der Waals surface area contributed by atoms with Gasteiger partial charge in [-0.1, -0.05) is 11.6 Å². The van der Waals surface area contributed by atoms with Gasteiger partial charge in [0.1, 0.15) is 5.82 Å². The summed E-state index contributed by atoms with van der Waals surface area (Å²) in [6.45, 7) is 0. The Balaban J connectivity index is 2.21. The third-order valence-electron chi connectivity index (χ3n) is 2.35. The normalized spacial score (nSPS) is 10.1. The van der Waals surface area contributed by atoms with E-state index in [4.69, 9.17) is 17.3 Å². The molecule has 0 heterocycles. The van der Waals surface area contributed by atoms with Gasteiger partial charge in [0.2, 0.25) is 0 Å². The van der Waals surface area contributed by atoms with Crippen LogP contribution in [-0.4, -0.2) is 5.91 Å². The van der Waals surface area contributed by atoms with Gasteiger partial charge in [-0.2, -0.15) is 0 Å². The lowest BCUT2D eigenvalue weighted by Gasteiger charge is -2.07. The van der Waals surface area contributed by atoms with E-state index in [0.717, 1.165) is 0 Å². The third-order valence-corrected chi connectivity index (χ3v) is 2.58. The lowest BCUT2D eigenvalue weighted by Crippen LogP contribution is -2.12. The van der Waals surface area contributed by atoms with Crippen LogP contribution in [0.2, 0.25) is 5.02 Å². The van der Waals surface area contributed by atoms with E-state index in [1.165, 1.54) is 18.2 Å². The highest BCUT2D eigenvalue weighted by Gasteiger charge is 2.09. The number of carbonyl (C=O) groups is 1. The average molecular weight is 265 g/mol. The average Bonchev–Trinajstić information content (AvgIpc) is 2.34. The Morgan fingerprint density at radius 2 is 1.83 bits per heavy atom. The van der Waals surface area contributed by atoms with Crippen molar-refractivity contribution in [1.29, 1.82) is 0 Å². The number of hydrogen-bond donors (Lipinski definition) is 2. The van der Waals surface area contributed by atoms with Gasteiger partial charge in [0.15, 0.2) is 0 Å². The molecule has 0 fully saturated rings. The van der Waals surface area contributed by atoms with Crippen molar-refractivity contribution >= 4 is 28.9 Å². The number of hydrogen-bond acceptors (Lipinski definition) is 2. The van der Waals surface area contributed by atoms with E-state index in [0.29, 0.717) is 16.3 Å². The number of anilines is 2. The number of carbonyl (C=O) groups excluding carboxylic acids is 1. The Kier molecular flexibility index (Phi) is 3.48. The summed E-state index contributed by atoms with van der Waals surface area (Å²) >= 11 is 5.73. The van der Waals surface area contributed by atoms with Crippen LogP contribution in [0.25, 0.3) is 0 Å². The highest BCUT2D eigenvalue weighted by atomic mass is 35.5. The first-order chi connectivity index (χ1) is 8.56. The molecule has 3 nitrogen and oxygen atoms in total. The molecule has 5 heteroatoms. The maximum atomic E-state index is 13.4. The van der Waals surface area contributed by atoms with Crippen LogP contribution in [0.1, 0.15) is 10.4 Å². The van der Waals surface area contributed by atoms with Gasteiger partial charge in [-0.25, -0.2) is 4.39 Å². The fourth-order valence-electron chi connectivity index (χ4n) is 1.42. The molecular weight excluding hydrogens is 255 g/mol. The number of nitrogen functional groups attached to an aromatic ring is 1. The second kappa shape index (κ2) is 5.06. The Bertz CT molecular complexity index is 584. The summed E-state index contributed by atoms with van der Waals surface area (Å²) in [4.78, 5) is 11.8. The monoisotopic (exact) mass is 264 g/mol. The molecule has 0 unspecified atom stereocenters. The quantitative estimate of drug-likeness (QED) is 0.818. The lowest BCUT2D eigenvalue weighted by molar-refractivity contribution is 0.102. The molecule has 2 rings (SSSR count). The van der Waals surface area contributed by atoms with Gasteiger partial charge >= 0.3 is 0 Å². The lowest BCUT2D eigenvalue weighted by atomic mass is 10.2. The first-order valence-electron chi connectivity index (χ1n) is 5.18. The molecule has 1 amide bonds. The van der Waals surface area contributed by atoms with Crippen molar-refractivity contribution in [2.45, 2.75) is 0 Å². The molecule has 92 valence electrons. The Morgan fingerprint density at radius 3 is 2.50 bits per heavy atom. The molecule has 0 bridgehead atoms. The molecule has 18 heavy (non-hydrogen) atoms. The van der Waals surface area contributed by atoms with Gasteiger partial charge in [-0.05, 0) is 42.5 Å². The fraction of sp³-hybridized carbons (Fsp3) is 0. The minimum atomic E-state index is -0.539. The molecule has 0 aromatic heterocycles. The summed E-state index contributed by atoms with van der Waals surface area (Å²) in [6, 6.07) is 10.3. The van der Waals surface area contributed by atoms with E-state index in [-0.39, 0.29) is 5.69 Å². The number of benzene rings is 2. The van der Waals surface area contributed by atoms with Crippen LogP contribution in [0.3, 0.4) is 0 Å². The largest absolute Gasteiger partial charge is 0.399 e. The van der Waals surface area contributed by atoms with Crippen LogP contribution in [0.4, 0.5) is 15.8 Å². The smallest absolute Gasteiger partial charge is 0.255 e. The summed E-state index contributed by atoms with van der Waals surface area (Å²) in [7, 11) is 0. The standard InChI is InChI=1S/C13H10ClFN2O/c14-9-3-6-11(15)12(7-9)17-13(18)8-1-4-10(16)5-2-8/h1-7H,16H2,(H,17,18). The van der Waals surface area contributed by atoms with Gasteiger partial charge in [0, 0.05) is 16.3 Å². The second-order valence-corrected chi connectivity index (χ2v) is 4.14. The molecule has 0 spiro atoms. The topological polar surface area (TPSA) is 55.1 Å². The highest BCUT2D eigenvalue weighted by molar-refractivity contribution is 6.31. The van der Waals surface area contributed by atoms with Crippen molar-refractivity contribution < 1.29 is 9.18 Å². The fourth-order valence-corrected chi connectivity index (χ4v) is 1.59. The van der Waals surface area contributed by atoms with Gasteiger partial charge in [0.05, 0.1) is 5.69 Å². The summed E-state index contributed by atoms with van der Waals surface area (Å²) < 4.78 is 13.4.